The van der Waals surface area contributed by atoms with Crippen molar-refractivity contribution in [2.75, 3.05) is 17.7 Å². The second kappa shape index (κ2) is 6.61. The summed E-state index contributed by atoms with van der Waals surface area (Å²) < 4.78 is 5.61. The Kier molecular flexibility index (Phi) is 4.60. The lowest BCUT2D eigenvalue weighted by Crippen LogP contribution is -2.13. The lowest BCUT2D eigenvalue weighted by atomic mass is 10.2. The first kappa shape index (κ1) is 13.9. The fourth-order valence-electron chi connectivity index (χ4n) is 1.78. The molecule has 0 atom stereocenters. The second-order valence-electron chi connectivity index (χ2n) is 4.42. The van der Waals surface area contributed by atoms with Crippen LogP contribution in [0.5, 0.6) is 5.75 Å². The molecule has 0 unspecified atom stereocenters. The molecule has 0 aliphatic heterocycles. The van der Waals surface area contributed by atoms with Crippen molar-refractivity contribution in [2.24, 2.45) is 0 Å². The fourth-order valence-corrected chi connectivity index (χ4v) is 1.78. The van der Waals surface area contributed by atoms with Crippen LogP contribution in [0.4, 0.5) is 11.4 Å². The van der Waals surface area contributed by atoms with Crippen LogP contribution in [0.2, 0.25) is 0 Å². The first-order valence-corrected chi connectivity index (χ1v) is 6.59. The lowest BCUT2D eigenvalue weighted by Gasteiger charge is -2.12. The van der Waals surface area contributed by atoms with Crippen LogP contribution in [0.3, 0.4) is 0 Å². The molecule has 0 aliphatic rings. The fraction of sp³-hybridized carbons (Fsp3) is 0.188. The van der Waals surface area contributed by atoms with Gasteiger partial charge in [-0.05, 0) is 36.8 Å². The number of nitrogens with two attached hydrogens (primary N) is 1. The van der Waals surface area contributed by atoms with Gasteiger partial charge in [0.25, 0.3) is 5.91 Å². The second-order valence-corrected chi connectivity index (χ2v) is 4.42. The zero-order valence-electron chi connectivity index (χ0n) is 11.4. The van der Waals surface area contributed by atoms with Gasteiger partial charge in [0.15, 0.2) is 0 Å². The molecule has 104 valence electrons. The van der Waals surface area contributed by atoms with Gasteiger partial charge in [-0.3, -0.25) is 4.79 Å². The minimum Gasteiger partial charge on any atom is -0.491 e. The third-order valence-electron chi connectivity index (χ3n) is 2.75. The maximum Gasteiger partial charge on any atom is 0.255 e. The van der Waals surface area contributed by atoms with E-state index in [-0.39, 0.29) is 5.91 Å². The normalized spacial score (nSPS) is 10.1. The van der Waals surface area contributed by atoms with E-state index in [0.29, 0.717) is 29.3 Å². The van der Waals surface area contributed by atoms with Gasteiger partial charge in [-0.15, -0.1) is 0 Å². The Bertz CT molecular complexity index is 597. The number of anilines is 2. The highest BCUT2D eigenvalue weighted by atomic mass is 16.5. The smallest absolute Gasteiger partial charge is 0.255 e. The minimum absolute atomic E-state index is 0.204. The molecule has 0 spiro atoms. The van der Waals surface area contributed by atoms with Crippen molar-refractivity contribution in [3.8, 4) is 5.75 Å². The quantitative estimate of drug-likeness (QED) is 0.819. The first-order chi connectivity index (χ1) is 9.70. The van der Waals surface area contributed by atoms with Gasteiger partial charge >= 0.3 is 0 Å². The summed E-state index contributed by atoms with van der Waals surface area (Å²) >= 11 is 0. The number of hydrogen-bond acceptors (Lipinski definition) is 3. The molecule has 2 aromatic rings. The number of rotatable bonds is 5. The van der Waals surface area contributed by atoms with Crippen molar-refractivity contribution in [3.05, 3.63) is 54.1 Å². The van der Waals surface area contributed by atoms with Gasteiger partial charge in [0.05, 0.1) is 12.3 Å². The van der Waals surface area contributed by atoms with Gasteiger partial charge in [-0.25, -0.2) is 0 Å². The number of ether oxygens (including phenoxy) is 1. The van der Waals surface area contributed by atoms with Crippen molar-refractivity contribution < 1.29 is 9.53 Å². The molecule has 0 fully saturated rings. The maximum absolute atomic E-state index is 12.2. The summed E-state index contributed by atoms with van der Waals surface area (Å²) in [5, 5.41) is 2.84. The summed E-state index contributed by atoms with van der Waals surface area (Å²) in [6.45, 7) is 2.65. The van der Waals surface area contributed by atoms with E-state index in [4.69, 9.17) is 10.5 Å². The van der Waals surface area contributed by atoms with Crippen LogP contribution in [0.15, 0.2) is 48.5 Å². The number of benzene rings is 2. The van der Waals surface area contributed by atoms with Crippen molar-refractivity contribution in [1.82, 2.24) is 0 Å². The van der Waals surface area contributed by atoms with Crippen LogP contribution in [-0.2, 0) is 0 Å². The van der Waals surface area contributed by atoms with E-state index in [9.17, 15) is 4.79 Å². The zero-order valence-corrected chi connectivity index (χ0v) is 11.4. The lowest BCUT2D eigenvalue weighted by molar-refractivity contribution is 0.102. The zero-order chi connectivity index (χ0) is 14.4. The Balaban J connectivity index is 2.15. The number of hydrogen-bond donors (Lipinski definition) is 2. The summed E-state index contributed by atoms with van der Waals surface area (Å²) in [6.07, 6.45) is 0.914. The number of nitrogens with one attached hydrogen (secondary N) is 1. The van der Waals surface area contributed by atoms with Gasteiger partial charge in [-0.1, -0.05) is 25.1 Å². The van der Waals surface area contributed by atoms with Crippen LogP contribution in [-0.4, -0.2) is 12.5 Å². The standard InChI is InChI=1S/C16H18N2O2/c1-2-10-20-15-9-4-3-8-14(15)18-16(19)12-6-5-7-13(17)11-12/h3-9,11H,2,10,17H2,1H3,(H,18,19). The molecule has 0 saturated carbocycles. The van der Waals surface area contributed by atoms with Gasteiger partial charge in [0.1, 0.15) is 5.75 Å². The van der Waals surface area contributed by atoms with Crippen molar-refractivity contribution in [3.63, 3.8) is 0 Å². The molecule has 4 nitrogen and oxygen atoms in total. The molecule has 2 aromatic carbocycles. The molecule has 0 aliphatic carbocycles. The molecule has 0 saturated heterocycles. The highest BCUT2D eigenvalue weighted by Crippen LogP contribution is 2.24. The number of carbonyl (C=O) groups excluding carboxylic acids is 1. The average Bonchev–Trinajstić information content (AvgIpc) is 2.46. The monoisotopic (exact) mass is 270 g/mol. The average molecular weight is 270 g/mol. The van der Waals surface area contributed by atoms with Crippen molar-refractivity contribution >= 4 is 17.3 Å². The third kappa shape index (κ3) is 3.51. The largest absolute Gasteiger partial charge is 0.491 e. The van der Waals surface area contributed by atoms with Gasteiger partial charge < -0.3 is 15.8 Å². The number of para-hydroxylation sites is 2. The summed E-state index contributed by atoms with van der Waals surface area (Å²) in [4.78, 5) is 12.2. The van der Waals surface area contributed by atoms with E-state index in [0.717, 1.165) is 6.42 Å². The Labute approximate surface area is 118 Å². The third-order valence-corrected chi connectivity index (χ3v) is 2.75. The van der Waals surface area contributed by atoms with E-state index in [1.165, 1.54) is 0 Å². The summed E-state index contributed by atoms with van der Waals surface area (Å²) in [5.41, 5.74) is 7.43. The Morgan fingerprint density at radius 1 is 1.20 bits per heavy atom. The highest BCUT2D eigenvalue weighted by molar-refractivity contribution is 6.05. The van der Waals surface area contributed by atoms with E-state index < -0.39 is 0 Å². The molecule has 0 heterocycles. The van der Waals surface area contributed by atoms with Crippen molar-refractivity contribution in [1.29, 1.82) is 0 Å². The predicted molar refractivity (Wildman–Crippen MR) is 81.0 cm³/mol. The first-order valence-electron chi connectivity index (χ1n) is 6.59. The molecule has 1 amide bonds. The minimum atomic E-state index is -0.204. The van der Waals surface area contributed by atoms with Crippen LogP contribution >= 0.6 is 0 Å². The molecule has 0 bridgehead atoms. The maximum atomic E-state index is 12.2. The van der Waals surface area contributed by atoms with Crippen LogP contribution in [0.1, 0.15) is 23.7 Å². The SMILES string of the molecule is CCCOc1ccccc1NC(=O)c1cccc(N)c1. The number of amides is 1. The molecular weight excluding hydrogens is 252 g/mol. The van der Waals surface area contributed by atoms with E-state index in [1.54, 1.807) is 24.3 Å². The summed E-state index contributed by atoms with van der Waals surface area (Å²) in [7, 11) is 0. The number of nitrogen functional groups attached to an aromatic ring is 1. The Morgan fingerprint density at radius 2 is 2.00 bits per heavy atom. The summed E-state index contributed by atoms with van der Waals surface area (Å²) in [6, 6.07) is 14.2. The van der Waals surface area contributed by atoms with E-state index >= 15 is 0 Å². The van der Waals surface area contributed by atoms with Crippen LogP contribution < -0.4 is 15.8 Å². The molecule has 0 aromatic heterocycles. The van der Waals surface area contributed by atoms with Crippen LogP contribution in [0.25, 0.3) is 0 Å². The molecule has 2 rings (SSSR count). The Hall–Kier alpha value is -2.49. The summed E-state index contributed by atoms with van der Waals surface area (Å²) in [5.74, 6) is 0.469. The molecule has 4 heteroatoms. The van der Waals surface area contributed by atoms with E-state index in [1.807, 2.05) is 31.2 Å². The molecule has 3 N–H and O–H groups in total. The van der Waals surface area contributed by atoms with E-state index in [2.05, 4.69) is 5.32 Å². The van der Waals surface area contributed by atoms with Gasteiger partial charge in [-0.2, -0.15) is 0 Å². The van der Waals surface area contributed by atoms with Gasteiger partial charge in [0.2, 0.25) is 0 Å². The molecule has 0 radical (unpaired) electrons. The van der Waals surface area contributed by atoms with Crippen LogP contribution in [0, 0.1) is 0 Å². The molecular formula is C16H18N2O2. The van der Waals surface area contributed by atoms with Crippen molar-refractivity contribution in [2.45, 2.75) is 13.3 Å². The van der Waals surface area contributed by atoms with Gasteiger partial charge in [0, 0.05) is 11.3 Å². The number of carbonyl (C=O) groups is 1. The topological polar surface area (TPSA) is 64.3 Å². The Morgan fingerprint density at radius 3 is 2.75 bits per heavy atom. The highest BCUT2D eigenvalue weighted by Gasteiger charge is 2.09. The molecule has 20 heavy (non-hydrogen) atoms. The predicted octanol–water partition coefficient (Wildman–Crippen LogP) is 3.31.